The van der Waals surface area contributed by atoms with Crippen LogP contribution in [0.4, 0.5) is 0 Å². The molecule has 0 radical (unpaired) electrons. The van der Waals surface area contributed by atoms with Gasteiger partial charge in [-0.15, -0.1) is 0 Å². The second kappa shape index (κ2) is 14.3. The maximum absolute atomic E-state index is 11.9. The number of carbonyl (C=O) groups is 1. The van der Waals surface area contributed by atoms with Gasteiger partial charge < -0.3 is 14.2 Å². The van der Waals surface area contributed by atoms with E-state index in [4.69, 9.17) is 14.2 Å². The fourth-order valence-electron chi connectivity index (χ4n) is 4.47. The quantitative estimate of drug-likeness (QED) is 0.123. The highest BCUT2D eigenvalue weighted by atomic mass is 16.7. The van der Waals surface area contributed by atoms with Crippen molar-refractivity contribution in [1.29, 1.82) is 0 Å². The van der Waals surface area contributed by atoms with Gasteiger partial charge in [0.1, 0.15) is 12.0 Å². The summed E-state index contributed by atoms with van der Waals surface area (Å²) >= 11 is 0. The number of aryl methyl sites for hydroxylation is 1. The smallest absolute Gasteiger partial charge is 0.311 e. The minimum atomic E-state index is -0.489. The molecule has 2 aromatic carbocycles. The number of rotatable bonds is 14. The fourth-order valence-corrected chi connectivity index (χ4v) is 4.47. The lowest BCUT2D eigenvalue weighted by atomic mass is 10.0. The number of hydrogen-bond donors (Lipinski definition) is 0. The molecule has 1 aliphatic rings. The summed E-state index contributed by atoms with van der Waals surface area (Å²) in [6, 6.07) is 15.7. The maximum Gasteiger partial charge on any atom is 0.311 e. The minimum Gasteiger partial charge on any atom is -0.454 e. The van der Waals surface area contributed by atoms with E-state index in [-0.39, 0.29) is 5.97 Å². The summed E-state index contributed by atoms with van der Waals surface area (Å²) < 4.78 is 17.4. The molecule has 3 aromatic rings. The number of carbonyl (C=O) groups excluding carboxylic acids is 1. The van der Waals surface area contributed by atoms with Gasteiger partial charge in [-0.2, -0.15) is 0 Å². The van der Waals surface area contributed by atoms with Gasteiger partial charge in [0.15, 0.2) is 5.82 Å². The van der Waals surface area contributed by atoms with Crippen LogP contribution in [-0.2, 0) is 20.7 Å². The average Bonchev–Trinajstić information content (AvgIpc) is 3.44. The van der Waals surface area contributed by atoms with Crippen LogP contribution in [0, 0.1) is 0 Å². The lowest BCUT2D eigenvalue weighted by Crippen LogP contribution is -2.07. The Morgan fingerprint density at radius 2 is 1.55 bits per heavy atom. The Balaban J connectivity index is 1.32. The molecule has 1 unspecified atom stereocenters. The molecule has 1 aliphatic heterocycles. The summed E-state index contributed by atoms with van der Waals surface area (Å²) in [5, 5.41) is 0. The molecule has 6 nitrogen and oxygen atoms in total. The van der Waals surface area contributed by atoms with Crippen LogP contribution in [0.3, 0.4) is 0 Å². The zero-order valence-corrected chi connectivity index (χ0v) is 22.5. The van der Waals surface area contributed by atoms with Crippen LogP contribution < -0.4 is 4.74 Å². The molecule has 2 heterocycles. The Morgan fingerprint density at radius 1 is 0.842 bits per heavy atom. The average molecular weight is 515 g/mol. The predicted molar refractivity (Wildman–Crippen MR) is 149 cm³/mol. The molecule has 1 atom stereocenters. The van der Waals surface area contributed by atoms with Gasteiger partial charge >= 0.3 is 5.97 Å². The van der Waals surface area contributed by atoms with Crippen molar-refractivity contribution in [3.8, 4) is 16.9 Å². The first-order valence-electron chi connectivity index (χ1n) is 13.9. The van der Waals surface area contributed by atoms with Crippen LogP contribution in [0.15, 0.2) is 67.2 Å². The van der Waals surface area contributed by atoms with E-state index in [9.17, 15) is 4.79 Å². The molecule has 0 saturated heterocycles. The third-order valence-electron chi connectivity index (χ3n) is 6.67. The molecule has 0 fully saturated rings. The van der Waals surface area contributed by atoms with E-state index in [1.165, 1.54) is 31.2 Å². The Hall–Kier alpha value is -3.67. The molecule has 0 N–H and O–H groups in total. The lowest BCUT2D eigenvalue weighted by Gasteiger charge is -2.16. The largest absolute Gasteiger partial charge is 0.454 e. The highest BCUT2D eigenvalue weighted by Gasteiger charge is 2.26. The standard InChI is InChI=1S/C32H38N2O4/c1-3-5-7-8-10-13-25-14-11-12-15-28(25)32-36-23-29(38-32)31-33-21-26(22-34-31)24-17-19-27(20-18-24)37-30(35)16-9-6-4-2/h11-12,14-15,17-23,32H,3-10,13,16H2,1-2H3. The van der Waals surface area contributed by atoms with Gasteiger partial charge in [-0.3, -0.25) is 4.79 Å². The predicted octanol–water partition coefficient (Wildman–Crippen LogP) is 8.19. The number of unbranched alkanes of at least 4 members (excludes halogenated alkanes) is 6. The molecular formula is C32H38N2O4. The third-order valence-corrected chi connectivity index (χ3v) is 6.67. The van der Waals surface area contributed by atoms with Crippen molar-refractivity contribution in [2.24, 2.45) is 0 Å². The van der Waals surface area contributed by atoms with Crippen LogP contribution in [0.25, 0.3) is 16.9 Å². The van der Waals surface area contributed by atoms with Crippen molar-refractivity contribution in [1.82, 2.24) is 9.97 Å². The Morgan fingerprint density at radius 3 is 2.32 bits per heavy atom. The van der Waals surface area contributed by atoms with Gasteiger partial charge in [-0.25, -0.2) is 9.97 Å². The number of esters is 1. The van der Waals surface area contributed by atoms with Crippen molar-refractivity contribution in [2.45, 2.75) is 84.3 Å². The summed E-state index contributed by atoms with van der Waals surface area (Å²) in [4.78, 5) is 21.0. The molecule has 0 spiro atoms. The Bertz CT molecular complexity index is 1190. The number of aromatic nitrogens is 2. The summed E-state index contributed by atoms with van der Waals surface area (Å²) in [7, 11) is 0. The third kappa shape index (κ3) is 7.67. The summed E-state index contributed by atoms with van der Waals surface area (Å²) in [6.45, 7) is 4.35. The van der Waals surface area contributed by atoms with Gasteiger partial charge in [-0.1, -0.05) is 88.8 Å². The minimum absolute atomic E-state index is 0.196. The Labute approximate surface area is 226 Å². The zero-order chi connectivity index (χ0) is 26.6. The van der Waals surface area contributed by atoms with Crippen molar-refractivity contribution in [3.63, 3.8) is 0 Å². The van der Waals surface area contributed by atoms with E-state index in [0.29, 0.717) is 23.8 Å². The van der Waals surface area contributed by atoms with Crippen LogP contribution in [0.2, 0.25) is 0 Å². The second-order valence-electron chi connectivity index (χ2n) is 9.68. The maximum atomic E-state index is 11.9. The highest BCUT2D eigenvalue weighted by molar-refractivity contribution is 5.73. The number of hydrogen-bond acceptors (Lipinski definition) is 6. The molecule has 1 aromatic heterocycles. The number of nitrogens with zero attached hydrogens (tertiary/aromatic N) is 2. The van der Waals surface area contributed by atoms with Gasteiger partial charge in [0.05, 0.1) is 0 Å². The van der Waals surface area contributed by atoms with Gasteiger partial charge in [0.2, 0.25) is 5.76 Å². The van der Waals surface area contributed by atoms with E-state index < -0.39 is 6.29 Å². The molecule has 0 aliphatic carbocycles. The Kier molecular flexibility index (Phi) is 10.3. The van der Waals surface area contributed by atoms with Crippen molar-refractivity contribution in [3.05, 3.63) is 84.1 Å². The first-order valence-corrected chi connectivity index (χ1v) is 13.9. The molecule has 0 amide bonds. The van der Waals surface area contributed by atoms with Crippen LogP contribution in [0.5, 0.6) is 5.75 Å². The van der Waals surface area contributed by atoms with Crippen LogP contribution in [-0.4, -0.2) is 15.9 Å². The van der Waals surface area contributed by atoms with Crippen molar-refractivity contribution in [2.75, 3.05) is 0 Å². The van der Waals surface area contributed by atoms with E-state index in [0.717, 1.165) is 48.8 Å². The van der Waals surface area contributed by atoms with Crippen LogP contribution in [0.1, 0.15) is 94.9 Å². The van der Waals surface area contributed by atoms with E-state index in [1.807, 2.05) is 18.2 Å². The van der Waals surface area contributed by atoms with E-state index in [1.54, 1.807) is 30.8 Å². The highest BCUT2D eigenvalue weighted by Crippen LogP contribution is 2.34. The SMILES string of the molecule is CCCCCCCc1ccccc1C1OC=C(c2ncc(-c3ccc(OC(=O)CCCCC)cc3)cn2)O1. The van der Waals surface area contributed by atoms with Gasteiger partial charge in [0, 0.05) is 29.9 Å². The van der Waals surface area contributed by atoms with E-state index >= 15 is 0 Å². The molecule has 200 valence electrons. The molecule has 38 heavy (non-hydrogen) atoms. The molecular weight excluding hydrogens is 476 g/mol. The van der Waals surface area contributed by atoms with Crippen molar-refractivity contribution >= 4 is 11.7 Å². The summed E-state index contributed by atoms with van der Waals surface area (Å²) in [5.41, 5.74) is 4.11. The van der Waals surface area contributed by atoms with Crippen LogP contribution >= 0.6 is 0 Å². The normalized spacial score (nSPS) is 14.5. The zero-order valence-electron chi connectivity index (χ0n) is 22.5. The summed E-state index contributed by atoms with van der Waals surface area (Å²) in [5.74, 6) is 1.34. The first kappa shape index (κ1) is 27.4. The second-order valence-corrected chi connectivity index (χ2v) is 9.68. The number of ether oxygens (including phenoxy) is 3. The first-order chi connectivity index (χ1) is 18.7. The fraction of sp³-hybridized carbons (Fsp3) is 0.406. The number of benzene rings is 2. The topological polar surface area (TPSA) is 70.5 Å². The molecule has 6 heteroatoms. The van der Waals surface area contributed by atoms with Gasteiger partial charge in [0.25, 0.3) is 6.29 Å². The molecule has 0 bridgehead atoms. The lowest BCUT2D eigenvalue weighted by molar-refractivity contribution is -0.134. The monoisotopic (exact) mass is 514 g/mol. The van der Waals surface area contributed by atoms with Gasteiger partial charge in [-0.05, 0) is 42.5 Å². The molecule has 4 rings (SSSR count). The van der Waals surface area contributed by atoms with E-state index in [2.05, 4.69) is 42.0 Å². The summed E-state index contributed by atoms with van der Waals surface area (Å²) in [6.07, 6.45) is 15.3. The molecule has 0 saturated carbocycles. The van der Waals surface area contributed by atoms with Crippen molar-refractivity contribution < 1.29 is 19.0 Å².